The van der Waals surface area contributed by atoms with Crippen LogP contribution in [0.1, 0.15) is 137 Å². The first-order valence-electron chi connectivity index (χ1n) is 20.3. The molecule has 0 aliphatic carbocycles. The molecule has 0 N–H and O–H groups in total. The van der Waals surface area contributed by atoms with Crippen molar-refractivity contribution in [1.82, 2.24) is 0 Å². The summed E-state index contributed by atoms with van der Waals surface area (Å²) in [5, 5.41) is 0.881. The molecule has 6 heteroatoms. The van der Waals surface area contributed by atoms with Crippen molar-refractivity contribution < 1.29 is 18.9 Å². The number of benzene rings is 4. The maximum Gasteiger partial charge on any atom is 0.198 e. The van der Waals surface area contributed by atoms with Gasteiger partial charge in [0, 0.05) is 11.1 Å². The number of hydrogen-bond donors (Lipinski definition) is 0. The Morgan fingerprint density at radius 3 is 1.02 bits per heavy atom. The Morgan fingerprint density at radius 2 is 0.704 bits per heavy atom. The number of unbranched alkanes of at least 4 members (excludes halogenated alkanes) is 12. The lowest BCUT2D eigenvalue weighted by atomic mass is 9.89. The predicted molar refractivity (Wildman–Crippen MR) is 235 cm³/mol. The Bertz CT molecular complexity index is 1580. The molecular formula is C48H62O4S2. The van der Waals surface area contributed by atoms with Gasteiger partial charge in [-0.1, -0.05) is 90.9 Å². The summed E-state index contributed by atoms with van der Waals surface area (Å²) in [5.74, 6) is 3.18. The van der Waals surface area contributed by atoms with E-state index in [9.17, 15) is 0 Å². The van der Waals surface area contributed by atoms with E-state index in [4.69, 9.17) is 43.4 Å². The zero-order valence-electron chi connectivity index (χ0n) is 33.7. The standard InChI is InChI=1S/C48H62O4S2/c1-7-9-11-13-15-17-19-29-49-41-25-21-39(22-26-41)47(53)51-43-31-35(3)45(36(4)32-43)46-37(5)33-44(34-38(46)6)52-48(54)40-23-27-42(28-24-40)50-30-20-18-16-14-12-10-8-2/h21-28,31-34H,7-20,29-30H2,1-6H3. The van der Waals surface area contributed by atoms with E-state index in [2.05, 4.69) is 65.8 Å². The van der Waals surface area contributed by atoms with Crippen molar-refractivity contribution >= 4 is 34.5 Å². The SMILES string of the molecule is CCCCCCCCCOc1ccc(C(=S)Oc2cc(C)c(-c3c(C)cc(OC(=S)c4ccc(OCCCCCCCCC)cc4)cc3C)c(C)c2)cc1. The van der Waals surface area contributed by atoms with Crippen LogP contribution in [0.2, 0.25) is 0 Å². The minimum absolute atomic E-state index is 0.440. The Balaban J connectivity index is 1.29. The van der Waals surface area contributed by atoms with Gasteiger partial charge in [0.05, 0.1) is 13.2 Å². The molecule has 290 valence electrons. The van der Waals surface area contributed by atoms with Gasteiger partial charge < -0.3 is 18.9 Å². The highest BCUT2D eigenvalue weighted by atomic mass is 32.1. The van der Waals surface area contributed by atoms with E-state index < -0.39 is 0 Å². The number of aryl methyl sites for hydroxylation is 4. The van der Waals surface area contributed by atoms with Crippen LogP contribution in [0, 0.1) is 27.7 Å². The van der Waals surface area contributed by atoms with Crippen molar-refractivity contribution in [1.29, 1.82) is 0 Å². The van der Waals surface area contributed by atoms with Crippen molar-refractivity contribution in [2.24, 2.45) is 0 Å². The lowest BCUT2D eigenvalue weighted by Gasteiger charge is -2.19. The second kappa shape index (κ2) is 23.2. The van der Waals surface area contributed by atoms with Gasteiger partial charge in [-0.25, -0.2) is 0 Å². The number of thiocarbonyl (C=S) groups is 2. The molecule has 4 rings (SSSR count). The van der Waals surface area contributed by atoms with Crippen molar-refractivity contribution in [3.05, 3.63) is 106 Å². The average molecular weight is 767 g/mol. The van der Waals surface area contributed by atoms with Crippen molar-refractivity contribution in [3.8, 4) is 34.1 Å². The first kappa shape index (κ1) is 43.0. The molecule has 0 aliphatic rings. The van der Waals surface area contributed by atoms with Gasteiger partial charge in [-0.15, -0.1) is 0 Å². The monoisotopic (exact) mass is 766 g/mol. The van der Waals surface area contributed by atoms with Crippen LogP contribution in [0.5, 0.6) is 23.0 Å². The maximum absolute atomic E-state index is 6.21. The minimum Gasteiger partial charge on any atom is -0.494 e. The molecule has 0 bridgehead atoms. The molecule has 4 aromatic carbocycles. The van der Waals surface area contributed by atoms with E-state index in [1.165, 1.54) is 88.2 Å². The molecule has 0 aliphatic heterocycles. The third kappa shape index (κ3) is 13.8. The largest absolute Gasteiger partial charge is 0.494 e. The molecule has 0 fully saturated rings. The summed E-state index contributed by atoms with van der Waals surface area (Å²) in [6.07, 6.45) is 17.8. The second-order valence-electron chi connectivity index (χ2n) is 14.6. The molecule has 4 nitrogen and oxygen atoms in total. The molecule has 0 saturated carbocycles. The lowest BCUT2D eigenvalue weighted by molar-refractivity contribution is 0.304. The summed E-state index contributed by atoms with van der Waals surface area (Å²) in [5.41, 5.74) is 8.56. The van der Waals surface area contributed by atoms with Gasteiger partial charge in [0.2, 0.25) is 0 Å². The van der Waals surface area contributed by atoms with Gasteiger partial charge in [0.25, 0.3) is 0 Å². The Morgan fingerprint density at radius 1 is 0.407 bits per heavy atom. The first-order chi connectivity index (χ1) is 26.2. The van der Waals surface area contributed by atoms with Crippen LogP contribution in [-0.4, -0.2) is 23.3 Å². The van der Waals surface area contributed by atoms with Crippen LogP contribution in [-0.2, 0) is 0 Å². The Kier molecular flexibility index (Phi) is 18.5. The fourth-order valence-electron chi connectivity index (χ4n) is 6.96. The molecule has 0 heterocycles. The molecule has 0 unspecified atom stereocenters. The molecule has 54 heavy (non-hydrogen) atoms. The molecule has 4 aromatic rings. The summed E-state index contributed by atoms with van der Waals surface area (Å²) < 4.78 is 24.4. The van der Waals surface area contributed by atoms with E-state index in [-0.39, 0.29) is 0 Å². The lowest BCUT2D eigenvalue weighted by Crippen LogP contribution is -2.08. The zero-order valence-corrected chi connectivity index (χ0v) is 35.3. The highest BCUT2D eigenvalue weighted by Crippen LogP contribution is 2.37. The van der Waals surface area contributed by atoms with Gasteiger partial charge in [0.15, 0.2) is 10.1 Å². The van der Waals surface area contributed by atoms with Gasteiger partial charge in [-0.2, -0.15) is 0 Å². The molecule has 0 atom stereocenters. The Labute approximate surface area is 337 Å². The summed E-state index contributed by atoms with van der Waals surface area (Å²) in [4.78, 5) is 0. The van der Waals surface area contributed by atoms with E-state index in [1.54, 1.807) is 0 Å². The van der Waals surface area contributed by atoms with E-state index in [0.29, 0.717) is 10.1 Å². The topological polar surface area (TPSA) is 36.9 Å². The fourth-order valence-corrected chi connectivity index (χ4v) is 7.42. The van der Waals surface area contributed by atoms with Crippen molar-refractivity contribution in [3.63, 3.8) is 0 Å². The highest BCUT2D eigenvalue weighted by molar-refractivity contribution is 7.80. The van der Waals surface area contributed by atoms with Crippen molar-refractivity contribution in [2.45, 2.75) is 131 Å². The van der Waals surface area contributed by atoms with E-state index in [0.717, 1.165) is 82.4 Å². The maximum atomic E-state index is 6.21. The first-order valence-corrected chi connectivity index (χ1v) is 21.1. The molecule has 0 radical (unpaired) electrons. The van der Waals surface area contributed by atoms with Crippen LogP contribution in [0.25, 0.3) is 11.1 Å². The van der Waals surface area contributed by atoms with E-state index in [1.807, 2.05) is 48.5 Å². The normalized spacial score (nSPS) is 11.0. The number of rotatable bonds is 23. The Hall–Kier alpha value is -3.74. The smallest absolute Gasteiger partial charge is 0.198 e. The minimum atomic E-state index is 0.440. The fraction of sp³-hybridized carbons (Fsp3) is 0.458. The molecular weight excluding hydrogens is 705 g/mol. The van der Waals surface area contributed by atoms with Gasteiger partial charge in [-0.05, 0) is 171 Å². The average Bonchev–Trinajstić information content (AvgIpc) is 3.15. The van der Waals surface area contributed by atoms with E-state index >= 15 is 0 Å². The van der Waals surface area contributed by atoms with Crippen LogP contribution < -0.4 is 18.9 Å². The molecule has 0 saturated heterocycles. The molecule has 0 spiro atoms. The van der Waals surface area contributed by atoms with Crippen molar-refractivity contribution in [2.75, 3.05) is 13.2 Å². The third-order valence-electron chi connectivity index (χ3n) is 9.90. The van der Waals surface area contributed by atoms with Gasteiger partial charge in [0.1, 0.15) is 23.0 Å². The zero-order chi connectivity index (χ0) is 38.7. The second-order valence-corrected chi connectivity index (χ2v) is 15.4. The summed E-state index contributed by atoms with van der Waals surface area (Å²) in [6.45, 7) is 14.5. The van der Waals surface area contributed by atoms with Crippen LogP contribution >= 0.6 is 24.4 Å². The third-order valence-corrected chi connectivity index (χ3v) is 10.5. The highest BCUT2D eigenvalue weighted by Gasteiger charge is 2.17. The van der Waals surface area contributed by atoms with Gasteiger partial charge >= 0.3 is 0 Å². The number of hydrogen-bond acceptors (Lipinski definition) is 6. The summed E-state index contributed by atoms with van der Waals surface area (Å²) >= 11 is 11.4. The van der Waals surface area contributed by atoms with Crippen LogP contribution in [0.4, 0.5) is 0 Å². The molecule has 0 amide bonds. The number of ether oxygens (including phenoxy) is 4. The van der Waals surface area contributed by atoms with Crippen LogP contribution in [0.15, 0.2) is 72.8 Å². The summed E-state index contributed by atoms with van der Waals surface area (Å²) in [6, 6.07) is 24.0. The quantitative estimate of drug-likeness (QED) is 0.0553. The molecule has 0 aromatic heterocycles. The summed E-state index contributed by atoms with van der Waals surface area (Å²) in [7, 11) is 0. The van der Waals surface area contributed by atoms with Gasteiger partial charge in [-0.3, -0.25) is 0 Å². The van der Waals surface area contributed by atoms with Crippen LogP contribution in [0.3, 0.4) is 0 Å². The predicted octanol–water partition coefficient (Wildman–Crippen LogP) is 14.4.